The van der Waals surface area contributed by atoms with E-state index in [0.717, 1.165) is 5.56 Å². The van der Waals surface area contributed by atoms with Gasteiger partial charge < -0.3 is 11.5 Å². The zero-order chi connectivity index (χ0) is 11.5. The van der Waals surface area contributed by atoms with Crippen LogP contribution in [0.3, 0.4) is 0 Å². The van der Waals surface area contributed by atoms with Crippen LogP contribution in [-0.4, -0.2) is 18.7 Å². The lowest BCUT2D eigenvalue weighted by atomic mass is 10.1. The zero-order valence-electron chi connectivity index (χ0n) is 8.18. The molecular weight excluding hydrogens is 216 g/mol. The molecule has 84 valence electrons. The summed E-state index contributed by atoms with van der Waals surface area (Å²) < 4.78 is 29.5. The monoisotopic (exact) mass is 230 g/mol. The molecule has 0 spiro atoms. The van der Waals surface area contributed by atoms with Crippen molar-refractivity contribution in [2.45, 2.75) is 12.8 Å². The highest BCUT2D eigenvalue weighted by Gasteiger charge is 2.05. The van der Waals surface area contributed by atoms with E-state index in [2.05, 4.69) is 0 Å². The Balaban J connectivity index is 2.59. The molecule has 0 aromatic heterocycles. The van der Waals surface area contributed by atoms with E-state index in [4.69, 9.17) is 16.0 Å². The van der Waals surface area contributed by atoms with E-state index in [1.165, 1.54) is 0 Å². The third-order valence-electron chi connectivity index (χ3n) is 2.02. The van der Waals surface area contributed by atoms with Gasteiger partial charge in [-0.1, -0.05) is 6.07 Å². The average molecular weight is 230 g/mol. The fraction of sp³-hybridized carbons (Fsp3) is 0.333. The SMILES string of the molecule is Nc1ccc(CCCS(=O)(=O)O)c(N)c1. The van der Waals surface area contributed by atoms with E-state index in [1.807, 2.05) is 0 Å². The molecule has 0 heterocycles. The third kappa shape index (κ3) is 4.18. The molecule has 0 atom stereocenters. The third-order valence-corrected chi connectivity index (χ3v) is 2.82. The second-order valence-electron chi connectivity index (χ2n) is 3.35. The number of nitrogen functional groups attached to an aromatic ring is 2. The highest BCUT2D eigenvalue weighted by molar-refractivity contribution is 7.85. The first kappa shape index (κ1) is 11.8. The van der Waals surface area contributed by atoms with Crippen LogP contribution >= 0.6 is 0 Å². The molecule has 0 radical (unpaired) electrons. The van der Waals surface area contributed by atoms with Gasteiger partial charge in [0.25, 0.3) is 10.1 Å². The van der Waals surface area contributed by atoms with Gasteiger partial charge in [-0.15, -0.1) is 0 Å². The van der Waals surface area contributed by atoms with Crippen molar-refractivity contribution in [3.05, 3.63) is 23.8 Å². The minimum Gasteiger partial charge on any atom is -0.399 e. The quantitative estimate of drug-likeness (QED) is 0.520. The Morgan fingerprint density at radius 2 is 1.93 bits per heavy atom. The van der Waals surface area contributed by atoms with Gasteiger partial charge in [0.1, 0.15) is 0 Å². The van der Waals surface area contributed by atoms with E-state index in [-0.39, 0.29) is 5.75 Å². The molecule has 0 aliphatic heterocycles. The van der Waals surface area contributed by atoms with Crippen LogP contribution in [0.2, 0.25) is 0 Å². The molecule has 1 aromatic carbocycles. The first-order valence-electron chi connectivity index (χ1n) is 4.47. The lowest BCUT2D eigenvalue weighted by Crippen LogP contribution is -2.05. The molecule has 0 aliphatic carbocycles. The van der Waals surface area contributed by atoms with Crippen molar-refractivity contribution in [1.82, 2.24) is 0 Å². The maximum atomic E-state index is 10.5. The minimum atomic E-state index is -3.88. The number of hydrogen-bond donors (Lipinski definition) is 3. The van der Waals surface area contributed by atoms with Gasteiger partial charge in [-0.25, -0.2) is 0 Å². The van der Waals surface area contributed by atoms with Crippen molar-refractivity contribution in [3.63, 3.8) is 0 Å². The Morgan fingerprint density at radius 1 is 1.27 bits per heavy atom. The van der Waals surface area contributed by atoms with E-state index in [1.54, 1.807) is 18.2 Å². The molecule has 0 amide bonds. The van der Waals surface area contributed by atoms with E-state index in [9.17, 15) is 8.42 Å². The van der Waals surface area contributed by atoms with Crippen molar-refractivity contribution in [2.75, 3.05) is 17.2 Å². The Hall–Kier alpha value is -1.27. The summed E-state index contributed by atoms with van der Waals surface area (Å²) in [6.07, 6.45) is 0.846. The summed E-state index contributed by atoms with van der Waals surface area (Å²) in [5.41, 5.74) is 13.2. The van der Waals surface area contributed by atoms with Gasteiger partial charge in [0, 0.05) is 11.4 Å². The van der Waals surface area contributed by atoms with Crippen LogP contribution in [-0.2, 0) is 16.5 Å². The summed E-state index contributed by atoms with van der Waals surface area (Å²) in [6.45, 7) is 0. The molecule has 5 nitrogen and oxygen atoms in total. The Kier molecular flexibility index (Phi) is 3.54. The van der Waals surface area contributed by atoms with Gasteiger partial charge in [-0.05, 0) is 30.5 Å². The molecule has 1 rings (SSSR count). The maximum Gasteiger partial charge on any atom is 0.264 e. The topological polar surface area (TPSA) is 106 Å². The summed E-state index contributed by atoms with van der Waals surface area (Å²) in [5.74, 6) is -0.253. The summed E-state index contributed by atoms with van der Waals surface area (Å²) in [5, 5.41) is 0. The van der Waals surface area contributed by atoms with Crippen LogP contribution in [0.25, 0.3) is 0 Å². The van der Waals surface area contributed by atoms with Gasteiger partial charge in [0.15, 0.2) is 0 Å². The second-order valence-corrected chi connectivity index (χ2v) is 4.92. The first-order chi connectivity index (χ1) is 6.88. The van der Waals surface area contributed by atoms with Gasteiger partial charge in [-0.2, -0.15) is 8.42 Å². The smallest absolute Gasteiger partial charge is 0.264 e. The van der Waals surface area contributed by atoms with Crippen LogP contribution < -0.4 is 11.5 Å². The molecule has 0 saturated heterocycles. The van der Waals surface area contributed by atoms with Crippen molar-refractivity contribution >= 4 is 21.5 Å². The van der Waals surface area contributed by atoms with Gasteiger partial charge >= 0.3 is 0 Å². The fourth-order valence-electron chi connectivity index (χ4n) is 1.29. The van der Waals surface area contributed by atoms with Crippen molar-refractivity contribution in [1.29, 1.82) is 0 Å². The number of aryl methyl sites for hydroxylation is 1. The molecule has 0 unspecified atom stereocenters. The summed E-state index contributed by atoms with van der Waals surface area (Å²) in [6, 6.07) is 5.09. The predicted molar refractivity (Wildman–Crippen MR) is 60.0 cm³/mol. The number of rotatable bonds is 4. The maximum absolute atomic E-state index is 10.5. The Morgan fingerprint density at radius 3 is 2.47 bits per heavy atom. The zero-order valence-corrected chi connectivity index (χ0v) is 9.00. The van der Waals surface area contributed by atoms with E-state index < -0.39 is 10.1 Å². The molecule has 1 aromatic rings. The number of benzene rings is 1. The number of nitrogens with two attached hydrogens (primary N) is 2. The van der Waals surface area contributed by atoms with Crippen LogP contribution in [0.15, 0.2) is 18.2 Å². The van der Waals surface area contributed by atoms with Crippen LogP contribution in [0.5, 0.6) is 0 Å². The van der Waals surface area contributed by atoms with Crippen LogP contribution in [0, 0.1) is 0 Å². The minimum absolute atomic E-state index is 0.253. The highest BCUT2D eigenvalue weighted by atomic mass is 32.2. The largest absolute Gasteiger partial charge is 0.399 e. The molecule has 6 heteroatoms. The molecule has 15 heavy (non-hydrogen) atoms. The lowest BCUT2D eigenvalue weighted by Gasteiger charge is -2.05. The number of hydrogen-bond acceptors (Lipinski definition) is 4. The predicted octanol–water partition coefficient (Wildman–Crippen LogP) is 0.671. The number of anilines is 2. The van der Waals surface area contributed by atoms with Crippen molar-refractivity contribution in [3.8, 4) is 0 Å². The standard InChI is InChI=1S/C9H14N2O3S/c10-8-4-3-7(9(11)6-8)2-1-5-15(12,13)14/h3-4,6H,1-2,5,10-11H2,(H,12,13,14). The normalized spacial score (nSPS) is 11.5. The lowest BCUT2D eigenvalue weighted by molar-refractivity contribution is 0.481. The van der Waals surface area contributed by atoms with E-state index in [0.29, 0.717) is 24.2 Å². The molecular formula is C9H14N2O3S. The van der Waals surface area contributed by atoms with Gasteiger partial charge in [0.05, 0.1) is 5.75 Å². The first-order valence-corrected chi connectivity index (χ1v) is 6.08. The van der Waals surface area contributed by atoms with Crippen LogP contribution in [0.1, 0.15) is 12.0 Å². The van der Waals surface area contributed by atoms with E-state index >= 15 is 0 Å². The van der Waals surface area contributed by atoms with Crippen LogP contribution in [0.4, 0.5) is 11.4 Å². The summed E-state index contributed by atoms with van der Waals surface area (Å²) in [4.78, 5) is 0. The second kappa shape index (κ2) is 4.50. The van der Waals surface area contributed by atoms with Gasteiger partial charge in [-0.3, -0.25) is 4.55 Å². The van der Waals surface area contributed by atoms with Gasteiger partial charge in [0.2, 0.25) is 0 Å². The highest BCUT2D eigenvalue weighted by Crippen LogP contribution is 2.17. The fourth-order valence-corrected chi connectivity index (χ4v) is 1.80. The Labute approximate surface area is 88.8 Å². The molecule has 0 fully saturated rings. The van der Waals surface area contributed by atoms with Crippen molar-refractivity contribution in [2.24, 2.45) is 0 Å². The molecule has 0 aliphatic rings. The molecule has 0 saturated carbocycles. The average Bonchev–Trinajstić information content (AvgIpc) is 2.07. The van der Waals surface area contributed by atoms with Crippen molar-refractivity contribution < 1.29 is 13.0 Å². The Bertz CT molecular complexity index is 443. The molecule has 5 N–H and O–H groups in total. The summed E-state index contributed by atoms with van der Waals surface area (Å²) >= 11 is 0. The summed E-state index contributed by atoms with van der Waals surface area (Å²) in [7, 11) is -3.88. The molecule has 0 bridgehead atoms.